The zero-order valence-corrected chi connectivity index (χ0v) is 11.3. The van der Waals surface area contributed by atoms with E-state index in [0.717, 1.165) is 9.92 Å². The third kappa shape index (κ3) is 3.09. The van der Waals surface area contributed by atoms with E-state index in [1.54, 1.807) is 30.6 Å². The van der Waals surface area contributed by atoms with Gasteiger partial charge in [0.2, 0.25) is 0 Å². The van der Waals surface area contributed by atoms with Crippen LogP contribution in [0.5, 0.6) is 0 Å². The van der Waals surface area contributed by atoms with Gasteiger partial charge in [-0.3, -0.25) is 9.78 Å². The maximum atomic E-state index is 11.4. The molecule has 18 heavy (non-hydrogen) atoms. The number of ketones is 1. The minimum atomic E-state index is 0.0439. The second-order valence-electron chi connectivity index (χ2n) is 3.55. The first-order valence-corrected chi connectivity index (χ1v) is 6.67. The number of aromatic nitrogens is 2. The standard InChI is InChI=1S/C13H11ClN2OS/c1-2-12(17)11-6-5-9(8-16-11)18-13-10(14)4-3-7-15-13/h3-8H,2H2,1H3. The van der Waals surface area contributed by atoms with Crippen LogP contribution in [0.4, 0.5) is 0 Å². The average Bonchev–Trinajstić information content (AvgIpc) is 2.41. The Balaban J connectivity index is 2.16. The Labute approximate surface area is 115 Å². The van der Waals surface area contributed by atoms with Gasteiger partial charge >= 0.3 is 0 Å². The number of pyridine rings is 2. The lowest BCUT2D eigenvalue weighted by atomic mass is 10.2. The highest BCUT2D eigenvalue weighted by molar-refractivity contribution is 7.99. The van der Waals surface area contributed by atoms with Crippen molar-refractivity contribution in [2.75, 3.05) is 0 Å². The van der Waals surface area contributed by atoms with Gasteiger partial charge in [0.25, 0.3) is 0 Å². The van der Waals surface area contributed by atoms with Gasteiger partial charge in [0.05, 0.1) is 5.02 Å². The van der Waals surface area contributed by atoms with Crippen LogP contribution in [0, 0.1) is 0 Å². The van der Waals surface area contributed by atoms with Crippen molar-refractivity contribution in [3.63, 3.8) is 0 Å². The lowest BCUT2D eigenvalue weighted by molar-refractivity contribution is 0.0983. The molecule has 0 aliphatic heterocycles. The molecule has 0 N–H and O–H groups in total. The molecule has 0 amide bonds. The van der Waals surface area contributed by atoms with Crippen LogP contribution in [0.2, 0.25) is 5.02 Å². The van der Waals surface area contributed by atoms with Crippen molar-refractivity contribution in [1.29, 1.82) is 0 Å². The molecule has 2 aromatic heterocycles. The molecule has 0 aliphatic carbocycles. The van der Waals surface area contributed by atoms with E-state index in [4.69, 9.17) is 11.6 Å². The van der Waals surface area contributed by atoms with Gasteiger partial charge in [-0.1, -0.05) is 30.3 Å². The first kappa shape index (κ1) is 13.1. The number of Topliss-reactive ketones (excluding diaryl/α,β-unsaturated/α-hetero) is 1. The molecule has 0 unspecified atom stereocenters. The predicted molar refractivity (Wildman–Crippen MR) is 72.2 cm³/mol. The van der Waals surface area contributed by atoms with Crippen molar-refractivity contribution in [1.82, 2.24) is 9.97 Å². The number of nitrogens with zero attached hydrogens (tertiary/aromatic N) is 2. The molecule has 0 radical (unpaired) electrons. The number of rotatable bonds is 4. The summed E-state index contributed by atoms with van der Waals surface area (Å²) in [6, 6.07) is 7.16. The van der Waals surface area contributed by atoms with Crippen LogP contribution in [-0.2, 0) is 0 Å². The highest BCUT2D eigenvalue weighted by Crippen LogP contribution is 2.30. The van der Waals surface area contributed by atoms with Gasteiger partial charge in [-0.25, -0.2) is 4.98 Å². The van der Waals surface area contributed by atoms with Crippen molar-refractivity contribution in [2.45, 2.75) is 23.3 Å². The van der Waals surface area contributed by atoms with E-state index in [2.05, 4.69) is 9.97 Å². The molecular formula is C13H11ClN2OS. The van der Waals surface area contributed by atoms with Gasteiger partial charge in [-0.15, -0.1) is 0 Å². The summed E-state index contributed by atoms with van der Waals surface area (Å²) in [6.07, 6.45) is 3.82. The van der Waals surface area contributed by atoms with Gasteiger partial charge in [0.15, 0.2) is 5.78 Å². The van der Waals surface area contributed by atoms with Gasteiger partial charge < -0.3 is 0 Å². The maximum absolute atomic E-state index is 11.4. The molecule has 92 valence electrons. The van der Waals surface area contributed by atoms with Gasteiger partial charge in [0, 0.05) is 23.7 Å². The molecule has 0 saturated heterocycles. The monoisotopic (exact) mass is 278 g/mol. The molecule has 3 nitrogen and oxygen atoms in total. The third-order valence-electron chi connectivity index (χ3n) is 2.28. The third-order valence-corrected chi connectivity index (χ3v) is 3.70. The van der Waals surface area contributed by atoms with E-state index in [9.17, 15) is 4.79 Å². The molecule has 2 heterocycles. The predicted octanol–water partition coefficient (Wildman–Crippen LogP) is 3.87. The first-order chi connectivity index (χ1) is 8.70. The molecule has 0 fully saturated rings. The summed E-state index contributed by atoms with van der Waals surface area (Å²) in [7, 11) is 0. The molecule has 0 bridgehead atoms. The molecule has 0 spiro atoms. The van der Waals surface area contributed by atoms with Crippen LogP contribution in [0.3, 0.4) is 0 Å². The average molecular weight is 279 g/mol. The van der Waals surface area contributed by atoms with Crippen molar-refractivity contribution in [2.24, 2.45) is 0 Å². The van der Waals surface area contributed by atoms with Gasteiger partial charge in [0.1, 0.15) is 10.7 Å². The largest absolute Gasteiger partial charge is 0.292 e. The molecule has 0 saturated carbocycles. The fourth-order valence-corrected chi connectivity index (χ4v) is 2.33. The number of carbonyl (C=O) groups excluding carboxylic acids is 1. The van der Waals surface area contributed by atoms with Gasteiger partial charge in [-0.05, 0) is 24.3 Å². The Morgan fingerprint density at radius 1 is 1.33 bits per heavy atom. The summed E-state index contributed by atoms with van der Waals surface area (Å²) in [5.74, 6) is 0.0439. The molecule has 2 aromatic rings. The van der Waals surface area contributed by atoms with Crippen LogP contribution in [-0.4, -0.2) is 15.8 Å². The van der Waals surface area contributed by atoms with E-state index in [-0.39, 0.29) is 5.78 Å². The Bertz CT molecular complexity index is 557. The van der Waals surface area contributed by atoms with Crippen LogP contribution >= 0.6 is 23.4 Å². The SMILES string of the molecule is CCC(=O)c1ccc(Sc2ncccc2Cl)cn1. The normalized spacial score (nSPS) is 10.3. The summed E-state index contributed by atoms with van der Waals surface area (Å²) < 4.78 is 0. The zero-order valence-electron chi connectivity index (χ0n) is 9.76. The van der Waals surface area contributed by atoms with Crippen LogP contribution in [0.15, 0.2) is 46.6 Å². The quantitative estimate of drug-likeness (QED) is 0.796. The zero-order chi connectivity index (χ0) is 13.0. The molecule has 5 heteroatoms. The van der Waals surface area contributed by atoms with Gasteiger partial charge in [-0.2, -0.15) is 0 Å². The maximum Gasteiger partial charge on any atom is 0.180 e. The fourth-order valence-electron chi connectivity index (χ4n) is 1.34. The number of halogens is 1. The topological polar surface area (TPSA) is 42.9 Å². The smallest absolute Gasteiger partial charge is 0.180 e. The van der Waals surface area contributed by atoms with Crippen molar-refractivity contribution in [3.05, 3.63) is 47.4 Å². The Morgan fingerprint density at radius 2 is 2.17 bits per heavy atom. The van der Waals surface area contributed by atoms with Crippen molar-refractivity contribution < 1.29 is 4.79 Å². The van der Waals surface area contributed by atoms with Crippen LogP contribution in [0.25, 0.3) is 0 Å². The molecular weight excluding hydrogens is 268 g/mol. The summed E-state index contributed by atoms with van der Waals surface area (Å²) in [4.78, 5) is 20.7. The van der Waals surface area contributed by atoms with E-state index >= 15 is 0 Å². The fraction of sp³-hybridized carbons (Fsp3) is 0.154. The number of hydrogen-bond donors (Lipinski definition) is 0. The first-order valence-electron chi connectivity index (χ1n) is 5.48. The second-order valence-corrected chi connectivity index (χ2v) is 5.02. The van der Waals surface area contributed by atoms with Crippen LogP contribution in [0.1, 0.15) is 23.8 Å². The number of carbonyl (C=O) groups is 1. The lowest BCUT2D eigenvalue weighted by Crippen LogP contribution is -1.99. The summed E-state index contributed by atoms with van der Waals surface area (Å²) in [5, 5.41) is 1.34. The van der Waals surface area contributed by atoms with E-state index in [1.165, 1.54) is 11.8 Å². The highest BCUT2D eigenvalue weighted by atomic mass is 35.5. The highest BCUT2D eigenvalue weighted by Gasteiger charge is 2.07. The molecule has 0 aliphatic rings. The van der Waals surface area contributed by atoms with E-state index in [1.807, 2.05) is 13.0 Å². The Morgan fingerprint density at radius 3 is 2.78 bits per heavy atom. The summed E-state index contributed by atoms with van der Waals surface area (Å²) in [5.41, 5.74) is 0.494. The Hall–Kier alpha value is -1.39. The minimum absolute atomic E-state index is 0.0439. The summed E-state index contributed by atoms with van der Waals surface area (Å²) >= 11 is 7.45. The number of hydrogen-bond acceptors (Lipinski definition) is 4. The summed E-state index contributed by atoms with van der Waals surface area (Å²) in [6.45, 7) is 1.82. The van der Waals surface area contributed by atoms with Crippen LogP contribution < -0.4 is 0 Å². The molecule has 0 atom stereocenters. The molecule has 2 rings (SSSR count). The second kappa shape index (κ2) is 5.98. The lowest BCUT2D eigenvalue weighted by Gasteiger charge is -2.03. The molecule has 0 aromatic carbocycles. The van der Waals surface area contributed by atoms with Crippen molar-refractivity contribution in [3.8, 4) is 0 Å². The van der Waals surface area contributed by atoms with E-state index in [0.29, 0.717) is 17.1 Å². The Kier molecular flexibility index (Phi) is 4.33. The minimum Gasteiger partial charge on any atom is -0.292 e. The van der Waals surface area contributed by atoms with E-state index < -0.39 is 0 Å². The van der Waals surface area contributed by atoms with Crippen molar-refractivity contribution >= 4 is 29.1 Å².